The second kappa shape index (κ2) is 12.8. The largest absolute Gasteiger partial charge is 0.416 e. The van der Waals surface area contributed by atoms with Gasteiger partial charge in [-0.25, -0.2) is 4.79 Å². The molecule has 7 N–H and O–H groups in total. The molecule has 2 aromatic rings. The molecule has 0 bridgehead atoms. The Hall–Kier alpha value is -3.87. The number of carbonyl (C=O) groups is 3. The minimum absolute atomic E-state index is 0.148. The van der Waals surface area contributed by atoms with Gasteiger partial charge in [0.1, 0.15) is 4.99 Å². The van der Waals surface area contributed by atoms with Crippen LogP contribution in [0.25, 0.3) is 0 Å². The number of thiocarbonyl (C=S) groups is 1. The van der Waals surface area contributed by atoms with Crippen LogP contribution in [0, 0.1) is 6.92 Å². The van der Waals surface area contributed by atoms with Crippen molar-refractivity contribution in [3.8, 4) is 0 Å². The van der Waals surface area contributed by atoms with E-state index >= 15 is 0 Å². The summed E-state index contributed by atoms with van der Waals surface area (Å²) in [6.07, 6.45) is -3.04. The molecule has 1 aliphatic rings. The Morgan fingerprint density at radius 3 is 2.33 bits per heavy atom. The van der Waals surface area contributed by atoms with Gasteiger partial charge in [0, 0.05) is 30.4 Å². The molecule has 0 spiro atoms. The second-order valence-electron chi connectivity index (χ2n) is 9.34. The maximum Gasteiger partial charge on any atom is 0.416 e. The Morgan fingerprint density at radius 2 is 1.69 bits per heavy atom. The van der Waals surface area contributed by atoms with Gasteiger partial charge in [-0.3, -0.25) is 9.59 Å². The van der Waals surface area contributed by atoms with E-state index in [1.54, 1.807) is 0 Å². The zero-order valence-electron chi connectivity index (χ0n) is 21.4. The normalized spacial score (nSPS) is 18.9. The van der Waals surface area contributed by atoms with Gasteiger partial charge in [-0.05, 0) is 44.4 Å². The number of rotatable bonds is 7. The molecule has 0 saturated heterocycles. The lowest BCUT2D eigenvalue weighted by Crippen LogP contribution is -2.59. The van der Waals surface area contributed by atoms with E-state index in [-0.39, 0.29) is 29.4 Å². The van der Waals surface area contributed by atoms with Crippen molar-refractivity contribution in [3.63, 3.8) is 0 Å². The number of carbonyl (C=O) groups excluding carboxylic acids is 3. The van der Waals surface area contributed by atoms with Crippen LogP contribution >= 0.6 is 12.2 Å². The van der Waals surface area contributed by atoms with Crippen LogP contribution in [0.1, 0.15) is 46.3 Å². The first-order chi connectivity index (χ1) is 18.4. The van der Waals surface area contributed by atoms with Gasteiger partial charge in [0.2, 0.25) is 5.91 Å². The fourth-order valence-corrected chi connectivity index (χ4v) is 4.58. The number of nitrogens with two attached hydrogens (primary N) is 1. The second-order valence-corrected chi connectivity index (χ2v) is 9.74. The summed E-state index contributed by atoms with van der Waals surface area (Å²) in [6.45, 7) is 1.47. The number of nitrogens with one attached hydrogen (secondary N) is 5. The molecule has 3 unspecified atom stereocenters. The molecule has 1 fully saturated rings. The summed E-state index contributed by atoms with van der Waals surface area (Å²) >= 11 is 5.57. The molecule has 13 heteroatoms. The standard InChI is InChI=1S/C26H31F3N6O3S/c1-14-3-5-15(6-4-14)24(39)35-20-10-8-17(33-25(38)31-2)12-21(20)34-22(36)13-32-23(37)18-11-16(26(27,28)29)7-9-19(18)30/h3-7,9,11,17,20-21H,8,10,12-13,30H2,1-2H3,(H,32,37)(H,34,36)(H,35,39)(H2,31,33,38). The lowest BCUT2D eigenvalue weighted by Gasteiger charge is -2.38. The predicted octanol–water partition coefficient (Wildman–Crippen LogP) is 2.63. The maximum atomic E-state index is 13.0. The van der Waals surface area contributed by atoms with E-state index in [2.05, 4.69) is 26.6 Å². The average molecular weight is 565 g/mol. The number of nitrogen functional groups attached to an aromatic ring is 1. The third kappa shape index (κ3) is 8.31. The number of urea groups is 1. The molecule has 3 rings (SSSR count). The molecule has 2 aromatic carbocycles. The third-order valence-electron chi connectivity index (χ3n) is 6.42. The van der Waals surface area contributed by atoms with Gasteiger partial charge in [0.05, 0.1) is 23.7 Å². The first-order valence-corrected chi connectivity index (χ1v) is 12.7. The average Bonchev–Trinajstić information content (AvgIpc) is 2.88. The van der Waals surface area contributed by atoms with Crippen molar-refractivity contribution >= 4 is 40.7 Å². The fourth-order valence-electron chi connectivity index (χ4n) is 4.29. The van der Waals surface area contributed by atoms with Crippen LogP contribution < -0.4 is 32.3 Å². The fraction of sp³-hybridized carbons (Fsp3) is 0.385. The van der Waals surface area contributed by atoms with Gasteiger partial charge in [-0.1, -0.05) is 42.0 Å². The zero-order chi connectivity index (χ0) is 28.7. The van der Waals surface area contributed by atoms with Crippen molar-refractivity contribution in [1.29, 1.82) is 0 Å². The van der Waals surface area contributed by atoms with E-state index in [4.69, 9.17) is 18.0 Å². The highest BCUT2D eigenvalue weighted by Gasteiger charge is 2.34. The first kappa shape index (κ1) is 29.7. The van der Waals surface area contributed by atoms with Gasteiger partial charge in [-0.15, -0.1) is 0 Å². The van der Waals surface area contributed by atoms with Crippen molar-refractivity contribution in [3.05, 3.63) is 64.7 Å². The van der Waals surface area contributed by atoms with E-state index in [0.717, 1.165) is 23.3 Å². The molecule has 3 atom stereocenters. The zero-order valence-corrected chi connectivity index (χ0v) is 22.3. The van der Waals surface area contributed by atoms with Crippen LogP contribution in [0.4, 0.5) is 23.7 Å². The lowest BCUT2D eigenvalue weighted by atomic mass is 9.86. The summed E-state index contributed by atoms with van der Waals surface area (Å²) in [5.74, 6) is -1.47. The van der Waals surface area contributed by atoms with Crippen molar-refractivity contribution in [2.45, 2.75) is 50.5 Å². The lowest BCUT2D eigenvalue weighted by molar-refractivity contribution is -0.137. The highest BCUT2D eigenvalue weighted by Crippen LogP contribution is 2.31. The molecule has 1 saturated carbocycles. The molecule has 9 nitrogen and oxygen atoms in total. The number of halogens is 3. The molecule has 0 aliphatic heterocycles. The van der Waals surface area contributed by atoms with E-state index < -0.39 is 36.1 Å². The summed E-state index contributed by atoms with van der Waals surface area (Å²) in [7, 11) is 1.50. The van der Waals surface area contributed by atoms with Gasteiger partial charge < -0.3 is 32.3 Å². The van der Waals surface area contributed by atoms with Gasteiger partial charge >= 0.3 is 12.2 Å². The Balaban J connectivity index is 1.66. The Labute approximate surface area is 229 Å². The van der Waals surface area contributed by atoms with Crippen LogP contribution in [0.15, 0.2) is 42.5 Å². The minimum Gasteiger partial charge on any atom is -0.398 e. The minimum atomic E-state index is -4.65. The predicted molar refractivity (Wildman–Crippen MR) is 145 cm³/mol. The number of anilines is 1. The van der Waals surface area contributed by atoms with Crippen LogP contribution in [0.5, 0.6) is 0 Å². The SMILES string of the molecule is CNC(=O)NC1CCC(NC(=S)c2ccc(C)cc2)C(NC(=O)CNC(=O)c2cc(C(F)(F)F)ccc2N)C1. The van der Waals surface area contributed by atoms with Gasteiger partial charge in [0.15, 0.2) is 0 Å². The van der Waals surface area contributed by atoms with E-state index in [1.165, 1.54) is 7.05 Å². The summed E-state index contributed by atoms with van der Waals surface area (Å²) in [5, 5.41) is 13.8. The molecule has 0 radical (unpaired) electrons. The molecule has 0 heterocycles. The summed E-state index contributed by atoms with van der Waals surface area (Å²) in [5.41, 5.74) is 6.03. The quantitative estimate of drug-likeness (QED) is 0.226. The number of alkyl halides is 3. The van der Waals surface area contributed by atoms with E-state index in [1.807, 2.05) is 31.2 Å². The number of aryl methyl sites for hydroxylation is 1. The topological polar surface area (TPSA) is 137 Å². The first-order valence-electron chi connectivity index (χ1n) is 12.3. The highest BCUT2D eigenvalue weighted by molar-refractivity contribution is 7.80. The van der Waals surface area contributed by atoms with E-state index in [9.17, 15) is 27.6 Å². The molecular weight excluding hydrogens is 533 g/mol. The number of hydrogen-bond donors (Lipinski definition) is 6. The molecule has 1 aliphatic carbocycles. The number of benzene rings is 2. The van der Waals surface area contributed by atoms with Crippen LogP contribution in [0.2, 0.25) is 0 Å². The molecule has 0 aromatic heterocycles. The molecule has 210 valence electrons. The van der Waals surface area contributed by atoms with Gasteiger partial charge in [0.25, 0.3) is 5.91 Å². The smallest absolute Gasteiger partial charge is 0.398 e. The van der Waals surface area contributed by atoms with Crippen LogP contribution in [-0.2, 0) is 11.0 Å². The van der Waals surface area contributed by atoms with Crippen molar-refractivity contribution in [2.75, 3.05) is 19.3 Å². The van der Waals surface area contributed by atoms with Gasteiger partial charge in [-0.2, -0.15) is 13.2 Å². The Kier molecular flexibility index (Phi) is 9.73. The number of hydrogen-bond acceptors (Lipinski definition) is 5. The Morgan fingerprint density at radius 1 is 1.00 bits per heavy atom. The van der Waals surface area contributed by atoms with Crippen molar-refractivity contribution < 1.29 is 27.6 Å². The third-order valence-corrected chi connectivity index (χ3v) is 6.78. The molecular formula is C26H31F3N6O3S. The summed E-state index contributed by atoms with van der Waals surface area (Å²) < 4.78 is 39.1. The van der Waals surface area contributed by atoms with Crippen molar-refractivity contribution in [2.24, 2.45) is 0 Å². The van der Waals surface area contributed by atoms with Crippen LogP contribution in [-0.4, -0.2) is 54.6 Å². The number of amides is 4. The molecule has 4 amide bonds. The monoisotopic (exact) mass is 564 g/mol. The van der Waals surface area contributed by atoms with Crippen LogP contribution in [0.3, 0.4) is 0 Å². The maximum absolute atomic E-state index is 13.0. The Bertz CT molecular complexity index is 1220. The summed E-state index contributed by atoms with van der Waals surface area (Å²) in [4.78, 5) is 37.6. The highest BCUT2D eigenvalue weighted by atomic mass is 32.1. The van der Waals surface area contributed by atoms with E-state index in [0.29, 0.717) is 30.3 Å². The summed E-state index contributed by atoms with van der Waals surface area (Å²) in [6, 6.07) is 8.78. The van der Waals surface area contributed by atoms with Crippen molar-refractivity contribution in [1.82, 2.24) is 26.6 Å². The molecule has 39 heavy (non-hydrogen) atoms.